The van der Waals surface area contributed by atoms with Crippen molar-refractivity contribution in [3.63, 3.8) is 0 Å². The number of carboxylic acids is 1. The lowest BCUT2D eigenvalue weighted by Gasteiger charge is -2.06. The summed E-state index contributed by atoms with van der Waals surface area (Å²) in [6.45, 7) is 5.83. The van der Waals surface area contributed by atoms with E-state index in [0.717, 1.165) is 18.8 Å². The number of rotatable bonds is 6. The van der Waals surface area contributed by atoms with Crippen LogP contribution < -0.4 is 5.32 Å². The van der Waals surface area contributed by atoms with Crippen LogP contribution in [0.1, 0.15) is 36.6 Å². The third-order valence-corrected chi connectivity index (χ3v) is 3.01. The lowest BCUT2D eigenvalue weighted by molar-refractivity contribution is 0.0693. The van der Waals surface area contributed by atoms with Gasteiger partial charge < -0.3 is 14.8 Å². The summed E-state index contributed by atoms with van der Waals surface area (Å²) in [4.78, 5) is 15.4. The minimum atomic E-state index is -0.989. The van der Waals surface area contributed by atoms with E-state index in [-0.39, 0.29) is 5.69 Å². The molecule has 2 N–H and O–H groups in total. The van der Waals surface area contributed by atoms with Gasteiger partial charge in [0.25, 0.3) is 0 Å². The lowest BCUT2D eigenvalue weighted by Crippen LogP contribution is -2.18. The highest BCUT2D eigenvalue weighted by atomic mass is 16.4. The zero-order valence-corrected chi connectivity index (χ0v) is 11.3. The van der Waals surface area contributed by atoms with Crippen molar-refractivity contribution >= 4 is 11.5 Å². The van der Waals surface area contributed by atoms with Crippen molar-refractivity contribution in [3.05, 3.63) is 35.9 Å². The maximum atomic E-state index is 11.2. The molecule has 5 heteroatoms. The van der Waals surface area contributed by atoms with Crippen LogP contribution in [-0.4, -0.2) is 27.0 Å². The van der Waals surface area contributed by atoms with Gasteiger partial charge in [-0.05, 0) is 31.0 Å². The van der Waals surface area contributed by atoms with Crippen LogP contribution in [0.4, 0.5) is 0 Å². The Kier molecular flexibility index (Phi) is 4.16. The van der Waals surface area contributed by atoms with Crippen molar-refractivity contribution in [1.29, 1.82) is 0 Å². The van der Waals surface area contributed by atoms with E-state index in [1.807, 2.05) is 22.7 Å². The van der Waals surface area contributed by atoms with Crippen molar-refractivity contribution in [3.8, 4) is 0 Å². The molecule has 0 spiro atoms. The number of hydrogen-bond donors (Lipinski definition) is 2. The second kappa shape index (κ2) is 5.84. The molecule has 0 atom stereocenters. The van der Waals surface area contributed by atoms with Crippen molar-refractivity contribution in [2.75, 3.05) is 6.54 Å². The SMILES string of the molecule is CC(C)CCNCc1nc(C(=O)O)c2ccccn12. The highest BCUT2D eigenvalue weighted by Crippen LogP contribution is 2.13. The molecule has 0 radical (unpaired) electrons. The van der Waals surface area contributed by atoms with Gasteiger partial charge in [-0.15, -0.1) is 0 Å². The van der Waals surface area contributed by atoms with Crippen molar-refractivity contribution in [2.45, 2.75) is 26.8 Å². The number of aromatic nitrogens is 2. The van der Waals surface area contributed by atoms with Crippen LogP contribution in [0.3, 0.4) is 0 Å². The maximum Gasteiger partial charge on any atom is 0.356 e. The van der Waals surface area contributed by atoms with Crippen molar-refractivity contribution in [1.82, 2.24) is 14.7 Å². The lowest BCUT2D eigenvalue weighted by atomic mass is 10.1. The number of nitrogens with one attached hydrogen (secondary N) is 1. The molecule has 2 rings (SSSR count). The summed E-state index contributed by atoms with van der Waals surface area (Å²) < 4.78 is 1.83. The molecule has 0 aliphatic heterocycles. The fourth-order valence-corrected chi connectivity index (χ4v) is 1.97. The van der Waals surface area contributed by atoms with E-state index in [0.29, 0.717) is 18.0 Å². The quantitative estimate of drug-likeness (QED) is 0.782. The third kappa shape index (κ3) is 3.12. The van der Waals surface area contributed by atoms with Gasteiger partial charge in [0, 0.05) is 6.20 Å². The van der Waals surface area contributed by atoms with Gasteiger partial charge in [0.1, 0.15) is 5.82 Å². The fraction of sp³-hybridized carbons (Fsp3) is 0.429. The molecule has 0 fully saturated rings. The summed E-state index contributed by atoms with van der Waals surface area (Å²) >= 11 is 0. The molecule has 0 bridgehead atoms. The first-order valence-corrected chi connectivity index (χ1v) is 6.49. The van der Waals surface area contributed by atoms with Crippen molar-refractivity contribution < 1.29 is 9.90 Å². The molecule has 2 aromatic rings. The van der Waals surface area contributed by atoms with Gasteiger partial charge in [0.2, 0.25) is 0 Å². The molecule has 5 nitrogen and oxygen atoms in total. The van der Waals surface area contributed by atoms with Gasteiger partial charge in [-0.25, -0.2) is 9.78 Å². The van der Waals surface area contributed by atoms with Crippen LogP contribution in [0.5, 0.6) is 0 Å². The largest absolute Gasteiger partial charge is 0.476 e. The van der Waals surface area contributed by atoms with Gasteiger partial charge in [-0.1, -0.05) is 19.9 Å². The number of carboxylic acid groups (broad SMARTS) is 1. The predicted molar refractivity (Wildman–Crippen MR) is 73.3 cm³/mol. The second-order valence-electron chi connectivity index (χ2n) is 5.00. The van der Waals surface area contributed by atoms with Crippen LogP contribution in [-0.2, 0) is 6.54 Å². The number of aromatic carboxylic acids is 1. The highest BCUT2D eigenvalue weighted by Gasteiger charge is 2.15. The fourth-order valence-electron chi connectivity index (χ4n) is 1.97. The molecule has 0 aliphatic rings. The molecular formula is C14H19N3O2. The molecule has 0 aliphatic carbocycles. The van der Waals surface area contributed by atoms with E-state index in [1.165, 1.54) is 0 Å². The first kappa shape index (κ1) is 13.5. The average Bonchev–Trinajstić information content (AvgIpc) is 2.74. The monoisotopic (exact) mass is 261 g/mol. The zero-order chi connectivity index (χ0) is 13.8. The minimum absolute atomic E-state index is 0.112. The number of hydrogen-bond acceptors (Lipinski definition) is 3. The maximum absolute atomic E-state index is 11.2. The number of nitrogens with zero attached hydrogens (tertiary/aromatic N) is 2. The van der Waals surface area contributed by atoms with E-state index in [9.17, 15) is 4.79 Å². The van der Waals surface area contributed by atoms with Crippen LogP contribution in [0.25, 0.3) is 5.52 Å². The minimum Gasteiger partial charge on any atom is -0.476 e. The first-order valence-electron chi connectivity index (χ1n) is 6.49. The summed E-state index contributed by atoms with van der Waals surface area (Å²) in [6.07, 6.45) is 2.93. The number of imidazole rings is 1. The predicted octanol–water partition coefficient (Wildman–Crippen LogP) is 2.17. The number of carbonyl (C=O) groups is 1. The molecule has 0 unspecified atom stereocenters. The van der Waals surface area contributed by atoms with Crippen LogP contribution >= 0.6 is 0 Å². The molecule has 0 saturated carbocycles. The molecule has 19 heavy (non-hydrogen) atoms. The molecule has 102 valence electrons. The van der Waals surface area contributed by atoms with E-state index in [4.69, 9.17) is 5.11 Å². The smallest absolute Gasteiger partial charge is 0.356 e. The van der Waals surface area contributed by atoms with E-state index in [2.05, 4.69) is 24.1 Å². The van der Waals surface area contributed by atoms with Crippen molar-refractivity contribution in [2.24, 2.45) is 5.92 Å². The first-order chi connectivity index (χ1) is 9.09. The number of fused-ring (bicyclic) bond motifs is 1. The Hall–Kier alpha value is -1.88. The molecule has 0 saturated heterocycles. The van der Waals surface area contributed by atoms with Gasteiger partial charge in [-0.2, -0.15) is 0 Å². The molecule has 0 aromatic carbocycles. The van der Waals surface area contributed by atoms with Gasteiger partial charge >= 0.3 is 5.97 Å². The van der Waals surface area contributed by atoms with E-state index >= 15 is 0 Å². The standard InChI is InChI=1S/C14H19N3O2/c1-10(2)6-7-15-9-12-16-13(14(18)19)11-5-3-4-8-17(11)12/h3-5,8,10,15H,6-7,9H2,1-2H3,(H,18,19). The Morgan fingerprint density at radius 3 is 2.95 bits per heavy atom. The van der Waals surface area contributed by atoms with E-state index in [1.54, 1.807) is 6.07 Å². The van der Waals surface area contributed by atoms with Crippen LogP contribution in [0.15, 0.2) is 24.4 Å². The highest BCUT2D eigenvalue weighted by molar-refractivity contribution is 5.93. The number of pyridine rings is 1. The van der Waals surface area contributed by atoms with E-state index < -0.39 is 5.97 Å². The summed E-state index contributed by atoms with van der Waals surface area (Å²) in [6, 6.07) is 5.46. The average molecular weight is 261 g/mol. The Bertz CT molecular complexity index is 575. The van der Waals surface area contributed by atoms with Gasteiger partial charge in [0.05, 0.1) is 12.1 Å². The van der Waals surface area contributed by atoms with Crippen LogP contribution in [0, 0.1) is 5.92 Å². The molecule has 2 aromatic heterocycles. The summed E-state index contributed by atoms with van der Waals surface area (Å²) in [7, 11) is 0. The van der Waals surface area contributed by atoms with Gasteiger partial charge in [0.15, 0.2) is 5.69 Å². The van der Waals surface area contributed by atoms with Gasteiger partial charge in [-0.3, -0.25) is 0 Å². The normalized spacial score (nSPS) is 11.3. The molecular weight excluding hydrogens is 242 g/mol. The molecule has 2 heterocycles. The Morgan fingerprint density at radius 2 is 2.26 bits per heavy atom. The topological polar surface area (TPSA) is 66.6 Å². The zero-order valence-electron chi connectivity index (χ0n) is 11.3. The summed E-state index contributed by atoms with van der Waals surface area (Å²) in [5.74, 6) is 0.396. The van der Waals surface area contributed by atoms with Crippen LogP contribution in [0.2, 0.25) is 0 Å². The third-order valence-electron chi connectivity index (χ3n) is 3.01. The second-order valence-corrected chi connectivity index (χ2v) is 5.00. The Balaban J connectivity index is 2.16. The Labute approximate surface area is 112 Å². The summed E-state index contributed by atoms with van der Waals surface area (Å²) in [5, 5.41) is 12.4. The molecule has 0 amide bonds. The summed E-state index contributed by atoms with van der Waals surface area (Å²) in [5.41, 5.74) is 0.747. The Morgan fingerprint density at radius 1 is 1.47 bits per heavy atom.